The standard InChI is InChI=1S/C14H26N6.HI/c1-15-13(16-8-11-6-5-7-11)17-9-12-10-18-14(19(2)3)20(12)4;/h10-11H,5-9H2,1-4H3,(H2,15,16,17);1H. The number of aliphatic imine (C=N–C) groups is 1. The molecule has 0 bridgehead atoms. The fraction of sp³-hybridized carbons (Fsp3) is 0.714. The molecule has 0 aromatic carbocycles. The van der Waals surface area contributed by atoms with Gasteiger partial charge in [0.25, 0.3) is 0 Å². The Labute approximate surface area is 144 Å². The molecule has 0 saturated heterocycles. The Bertz CT molecular complexity index is 464. The molecule has 0 atom stereocenters. The van der Waals surface area contributed by atoms with Gasteiger partial charge in [0.2, 0.25) is 5.95 Å². The Hall–Kier alpha value is -0.990. The van der Waals surface area contributed by atoms with Gasteiger partial charge in [-0.05, 0) is 18.8 Å². The van der Waals surface area contributed by atoms with E-state index in [1.54, 1.807) is 0 Å². The fourth-order valence-electron chi connectivity index (χ4n) is 2.35. The van der Waals surface area contributed by atoms with Gasteiger partial charge in [-0.15, -0.1) is 24.0 Å². The highest BCUT2D eigenvalue weighted by atomic mass is 127. The molecule has 0 radical (unpaired) electrons. The second kappa shape index (κ2) is 8.45. The summed E-state index contributed by atoms with van der Waals surface area (Å²) < 4.78 is 2.09. The zero-order valence-electron chi connectivity index (χ0n) is 13.4. The van der Waals surface area contributed by atoms with Gasteiger partial charge in [-0.1, -0.05) is 6.42 Å². The summed E-state index contributed by atoms with van der Waals surface area (Å²) in [6, 6.07) is 0. The lowest BCUT2D eigenvalue weighted by atomic mass is 9.85. The lowest BCUT2D eigenvalue weighted by molar-refractivity contribution is 0.314. The molecule has 2 rings (SSSR count). The third-order valence-electron chi connectivity index (χ3n) is 3.90. The van der Waals surface area contributed by atoms with Crippen LogP contribution in [0.5, 0.6) is 0 Å². The van der Waals surface area contributed by atoms with Crippen LogP contribution in [0.3, 0.4) is 0 Å². The molecule has 0 aliphatic heterocycles. The van der Waals surface area contributed by atoms with Gasteiger partial charge in [0.05, 0.1) is 18.4 Å². The molecule has 7 heteroatoms. The number of rotatable bonds is 5. The maximum atomic E-state index is 4.40. The average molecular weight is 406 g/mol. The highest BCUT2D eigenvalue weighted by molar-refractivity contribution is 14.0. The van der Waals surface area contributed by atoms with Crippen molar-refractivity contribution < 1.29 is 0 Å². The summed E-state index contributed by atoms with van der Waals surface area (Å²) in [5.74, 6) is 2.65. The van der Waals surface area contributed by atoms with Crippen LogP contribution < -0.4 is 15.5 Å². The number of nitrogens with one attached hydrogen (secondary N) is 2. The van der Waals surface area contributed by atoms with Crippen LogP contribution in [0.25, 0.3) is 0 Å². The Morgan fingerprint density at radius 3 is 2.62 bits per heavy atom. The van der Waals surface area contributed by atoms with Gasteiger partial charge in [0, 0.05) is 34.7 Å². The topological polar surface area (TPSA) is 57.5 Å². The summed E-state index contributed by atoms with van der Waals surface area (Å²) in [5.41, 5.74) is 1.14. The Balaban J connectivity index is 0.00000220. The first kappa shape index (κ1) is 18.1. The lowest BCUT2D eigenvalue weighted by Gasteiger charge is -2.26. The number of imidazole rings is 1. The molecule has 0 amide bonds. The molecule has 1 fully saturated rings. The van der Waals surface area contributed by atoms with Crippen molar-refractivity contribution >= 4 is 35.9 Å². The van der Waals surface area contributed by atoms with Gasteiger partial charge < -0.3 is 20.1 Å². The first-order valence-electron chi connectivity index (χ1n) is 7.24. The molecule has 0 spiro atoms. The van der Waals surface area contributed by atoms with E-state index in [4.69, 9.17) is 0 Å². The third kappa shape index (κ3) is 4.76. The molecular formula is C14H27IN6. The normalized spacial score (nSPS) is 15.1. The molecule has 6 nitrogen and oxygen atoms in total. The molecular weight excluding hydrogens is 379 g/mol. The van der Waals surface area contributed by atoms with Crippen LogP contribution in [0.2, 0.25) is 0 Å². The maximum Gasteiger partial charge on any atom is 0.204 e. The van der Waals surface area contributed by atoms with Gasteiger partial charge in [0.1, 0.15) is 0 Å². The summed E-state index contributed by atoms with van der Waals surface area (Å²) in [6.07, 6.45) is 5.97. The smallest absolute Gasteiger partial charge is 0.204 e. The van der Waals surface area contributed by atoms with Crippen molar-refractivity contribution in [3.05, 3.63) is 11.9 Å². The molecule has 1 aromatic rings. The van der Waals surface area contributed by atoms with Crippen molar-refractivity contribution in [3.8, 4) is 0 Å². The molecule has 1 saturated carbocycles. The van der Waals surface area contributed by atoms with Crippen LogP contribution in [-0.4, -0.2) is 43.2 Å². The summed E-state index contributed by atoms with van der Waals surface area (Å²) in [6.45, 7) is 1.75. The van der Waals surface area contributed by atoms with E-state index < -0.39 is 0 Å². The van der Waals surface area contributed by atoms with E-state index >= 15 is 0 Å². The predicted molar refractivity (Wildman–Crippen MR) is 98.5 cm³/mol. The van der Waals surface area contributed by atoms with Crippen molar-refractivity contribution in [2.45, 2.75) is 25.8 Å². The predicted octanol–water partition coefficient (Wildman–Crippen LogP) is 1.57. The molecule has 120 valence electrons. The molecule has 1 aromatic heterocycles. The first-order valence-corrected chi connectivity index (χ1v) is 7.24. The number of halogens is 1. The molecule has 0 unspecified atom stereocenters. The van der Waals surface area contributed by atoms with E-state index in [9.17, 15) is 0 Å². The van der Waals surface area contributed by atoms with Gasteiger partial charge in [-0.2, -0.15) is 0 Å². The largest absolute Gasteiger partial charge is 0.356 e. The van der Waals surface area contributed by atoms with E-state index in [0.29, 0.717) is 0 Å². The monoisotopic (exact) mass is 406 g/mol. The van der Waals surface area contributed by atoms with E-state index in [1.165, 1.54) is 19.3 Å². The fourth-order valence-corrected chi connectivity index (χ4v) is 2.35. The molecule has 1 aliphatic carbocycles. The van der Waals surface area contributed by atoms with Crippen LogP contribution in [0.15, 0.2) is 11.2 Å². The van der Waals surface area contributed by atoms with Crippen molar-refractivity contribution in [1.82, 2.24) is 20.2 Å². The van der Waals surface area contributed by atoms with Crippen LogP contribution >= 0.6 is 24.0 Å². The van der Waals surface area contributed by atoms with E-state index in [-0.39, 0.29) is 24.0 Å². The minimum Gasteiger partial charge on any atom is -0.356 e. The average Bonchev–Trinajstić information content (AvgIpc) is 2.73. The van der Waals surface area contributed by atoms with E-state index in [1.807, 2.05) is 39.3 Å². The highest BCUT2D eigenvalue weighted by Crippen LogP contribution is 2.25. The lowest BCUT2D eigenvalue weighted by Crippen LogP contribution is -2.40. The van der Waals surface area contributed by atoms with Crippen LogP contribution in [-0.2, 0) is 13.6 Å². The SMILES string of the molecule is CN=C(NCc1cnc(N(C)C)n1C)NCC1CCC1.I. The Morgan fingerprint density at radius 1 is 1.43 bits per heavy atom. The summed E-state index contributed by atoms with van der Waals surface area (Å²) >= 11 is 0. The number of guanidine groups is 1. The van der Waals surface area contributed by atoms with Gasteiger partial charge >= 0.3 is 0 Å². The van der Waals surface area contributed by atoms with Crippen molar-refractivity contribution in [1.29, 1.82) is 0 Å². The van der Waals surface area contributed by atoms with Crippen molar-refractivity contribution in [2.24, 2.45) is 18.0 Å². The third-order valence-corrected chi connectivity index (χ3v) is 3.90. The van der Waals surface area contributed by atoms with Crippen LogP contribution in [0.1, 0.15) is 25.0 Å². The second-order valence-corrected chi connectivity index (χ2v) is 5.61. The molecule has 21 heavy (non-hydrogen) atoms. The van der Waals surface area contributed by atoms with Gasteiger partial charge in [0.15, 0.2) is 5.96 Å². The second-order valence-electron chi connectivity index (χ2n) is 5.61. The van der Waals surface area contributed by atoms with E-state index in [0.717, 1.165) is 36.6 Å². The van der Waals surface area contributed by atoms with Gasteiger partial charge in [-0.3, -0.25) is 4.99 Å². The number of hydrogen-bond acceptors (Lipinski definition) is 3. The number of nitrogens with zero attached hydrogens (tertiary/aromatic N) is 4. The Kier molecular flexibility index (Phi) is 7.27. The quantitative estimate of drug-likeness (QED) is 0.443. The number of anilines is 1. The molecule has 1 aliphatic rings. The number of aromatic nitrogens is 2. The van der Waals surface area contributed by atoms with Crippen molar-refractivity contribution in [2.75, 3.05) is 32.6 Å². The van der Waals surface area contributed by atoms with Crippen molar-refractivity contribution in [3.63, 3.8) is 0 Å². The molecule has 1 heterocycles. The first-order chi connectivity index (χ1) is 9.61. The minimum atomic E-state index is 0. The highest BCUT2D eigenvalue weighted by Gasteiger charge is 2.17. The summed E-state index contributed by atoms with van der Waals surface area (Å²) in [4.78, 5) is 10.7. The zero-order chi connectivity index (χ0) is 14.5. The summed E-state index contributed by atoms with van der Waals surface area (Å²) in [5, 5.41) is 6.73. The van der Waals surface area contributed by atoms with E-state index in [2.05, 4.69) is 25.2 Å². The maximum absolute atomic E-state index is 4.40. The number of hydrogen-bond donors (Lipinski definition) is 2. The van der Waals surface area contributed by atoms with Gasteiger partial charge in [-0.25, -0.2) is 4.98 Å². The summed E-state index contributed by atoms with van der Waals surface area (Å²) in [7, 11) is 7.84. The molecule has 2 N–H and O–H groups in total. The van der Waals surface area contributed by atoms with Crippen LogP contribution in [0.4, 0.5) is 5.95 Å². The Morgan fingerprint density at radius 2 is 2.14 bits per heavy atom. The zero-order valence-corrected chi connectivity index (χ0v) is 15.7. The minimum absolute atomic E-state index is 0. The van der Waals surface area contributed by atoms with Crippen LogP contribution in [0, 0.1) is 5.92 Å².